The highest BCUT2D eigenvalue weighted by Gasteiger charge is 2.07. The number of quaternary nitrogens is 1. The van der Waals surface area contributed by atoms with Crippen LogP contribution in [-0.4, -0.2) is 6.04 Å². The average molecular weight is 271 g/mol. The molecule has 0 aliphatic rings. The second-order valence-electron chi connectivity index (χ2n) is 6.01. The van der Waals surface area contributed by atoms with Crippen molar-refractivity contribution in [2.45, 2.75) is 110 Å². The van der Waals surface area contributed by atoms with Gasteiger partial charge < -0.3 is 10.7 Å². The van der Waals surface area contributed by atoms with E-state index in [1.54, 1.807) is 0 Å². The van der Waals surface area contributed by atoms with Crippen molar-refractivity contribution in [3.8, 4) is 0 Å². The fourth-order valence-electron chi connectivity index (χ4n) is 2.65. The molecule has 2 nitrogen and oxygen atoms in total. The van der Waals surface area contributed by atoms with Gasteiger partial charge in [-0.3, -0.25) is 0 Å². The van der Waals surface area contributed by atoms with Crippen LogP contribution in [-0.2, 0) is 0 Å². The predicted molar refractivity (Wildman–Crippen MR) is 85.1 cm³/mol. The zero-order valence-corrected chi connectivity index (χ0v) is 13.5. The van der Waals surface area contributed by atoms with Gasteiger partial charge in [0.05, 0.1) is 6.04 Å². The lowest BCUT2D eigenvalue weighted by atomic mass is 10.0. The van der Waals surface area contributed by atoms with E-state index in [-0.39, 0.29) is 0 Å². The Kier molecular flexibility index (Phi) is 15.9. The molecule has 19 heavy (non-hydrogen) atoms. The quantitative estimate of drug-likeness (QED) is 0.333. The second kappa shape index (κ2) is 16.0. The normalized spacial score (nSPS) is 11.4. The summed E-state index contributed by atoms with van der Waals surface area (Å²) in [5.41, 5.74) is 1.21. The maximum Gasteiger partial charge on any atom is 0.0856 e. The Morgan fingerprint density at radius 3 is 1.37 bits per heavy atom. The number of nitrogens with two attached hydrogens (primary N) is 1. The largest absolute Gasteiger partial charge is 0.636 e. The Balaban J connectivity index is 3.30. The molecular formula is C17H37NO. The number of hydrogen-bond donors (Lipinski definition) is 1. The third-order valence-electron chi connectivity index (χ3n) is 4.05. The van der Waals surface area contributed by atoms with Gasteiger partial charge in [0.15, 0.2) is 0 Å². The smallest absolute Gasteiger partial charge is 0.0856 e. The number of unbranched alkanes of at least 4 members (excludes halogenated alkanes) is 10. The molecule has 0 aliphatic carbocycles. The first-order chi connectivity index (χ1) is 9.35. The van der Waals surface area contributed by atoms with Crippen molar-refractivity contribution in [3.63, 3.8) is 0 Å². The summed E-state index contributed by atoms with van der Waals surface area (Å²) >= 11 is 0. The van der Waals surface area contributed by atoms with Gasteiger partial charge in [0.1, 0.15) is 0 Å². The van der Waals surface area contributed by atoms with Crippen LogP contribution in [0.3, 0.4) is 0 Å². The SMILES string of the molecule is CCCCCCCCC(CCCCCCCC)[NH2+][O-]. The van der Waals surface area contributed by atoms with Crippen LogP contribution < -0.4 is 5.48 Å². The molecule has 116 valence electrons. The topological polar surface area (TPSA) is 39.7 Å². The first-order valence-corrected chi connectivity index (χ1v) is 8.80. The summed E-state index contributed by atoms with van der Waals surface area (Å²) in [4.78, 5) is 0. The van der Waals surface area contributed by atoms with Crippen molar-refractivity contribution >= 4 is 0 Å². The molecule has 2 N–H and O–H groups in total. The molecule has 0 fully saturated rings. The summed E-state index contributed by atoms with van der Waals surface area (Å²) in [5, 5.41) is 11.0. The molecule has 0 aliphatic heterocycles. The monoisotopic (exact) mass is 271 g/mol. The summed E-state index contributed by atoms with van der Waals surface area (Å²) in [7, 11) is 0. The fourth-order valence-corrected chi connectivity index (χ4v) is 2.65. The maximum atomic E-state index is 11.0. The summed E-state index contributed by atoms with van der Waals surface area (Å²) in [6.07, 6.45) is 18.2. The van der Waals surface area contributed by atoms with Crippen LogP contribution in [0.4, 0.5) is 0 Å². The lowest BCUT2D eigenvalue weighted by molar-refractivity contribution is -0.629. The molecule has 0 atom stereocenters. The van der Waals surface area contributed by atoms with Crippen molar-refractivity contribution in [1.82, 2.24) is 0 Å². The van der Waals surface area contributed by atoms with E-state index in [0.717, 1.165) is 12.8 Å². The highest BCUT2D eigenvalue weighted by atomic mass is 16.5. The van der Waals surface area contributed by atoms with Crippen LogP contribution in [0, 0.1) is 5.21 Å². The summed E-state index contributed by atoms with van der Waals surface area (Å²) in [6, 6.07) is 0.345. The van der Waals surface area contributed by atoms with E-state index in [4.69, 9.17) is 0 Å². The lowest BCUT2D eigenvalue weighted by Crippen LogP contribution is -2.84. The van der Waals surface area contributed by atoms with Crippen LogP contribution in [0.2, 0.25) is 0 Å². The lowest BCUT2D eigenvalue weighted by Gasteiger charge is -2.17. The maximum absolute atomic E-state index is 11.0. The van der Waals surface area contributed by atoms with Gasteiger partial charge in [-0.2, -0.15) is 0 Å². The Morgan fingerprint density at radius 2 is 1.00 bits per heavy atom. The second-order valence-corrected chi connectivity index (χ2v) is 6.01. The number of hydrogen-bond acceptors (Lipinski definition) is 1. The minimum atomic E-state index is 0.345. The van der Waals surface area contributed by atoms with Crippen molar-refractivity contribution in [2.24, 2.45) is 0 Å². The summed E-state index contributed by atoms with van der Waals surface area (Å²) in [6.45, 7) is 4.51. The number of rotatable bonds is 15. The fraction of sp³-hybridized carbons (Fsp3) is 1.00. The molecule has 0 aromatic carbocycles. The van der Waals surface area contributed by atoms with E-state index >= 15 is 0 Å². The number of hydroxylamine groups is 1. The average Bonchev–Trinajstić information content (AvgIpc) is 2.44. The Bertz CT molecular complexity index is 145. The molecule has 2 heteroatoms. The van der Waals surface area contributed by atoms with Gasteiger partial charge in [-0.25, -0.2) is 0 Å². The zero-order chi connectivity index (χ0) is 14.2. The minimum absolute atomic E-state index is 0.345. The Labute approximate surface area is 121 Å². The molecule has 0 rings (SSSR count). The van der Waals surface area contributed by atoms with E-state index in [1.807, 2.05) is 0 Å². The van der Waals surface area contributed by atoms with E-state index in [2.05, 4.69) is 13.8 Å². The molecule has 0 radical (unpaired) electrons. The van der Waals surface area contributed by atoms with Gasteiger partial charge in [-0.1, -0.05) is 78.1 Å². The Morgan fingerprint density at radius 1 is 0.632 bits per heavy atom. The molecule has 0 saturated carbocycles. The third kappa shape index (κ3) is 14.1. The molecule has 0 aromatic heterocycles. The van der Waals surface area contributed by atoms with Gasteiger partial charge in [0.25, 0.3) is 0 Å². The molecule has 0 spiro atoms. The third-order valence-corrected chi connectivity index (χ3v) is 4.05. The van der Waals surface area contributed by atoms with Crippen molar-refractivity contribution in [3.05, 3.63) is 5.21 Å². The molecule has 0 aromatic rings. The highest BCUT2D eigenvalue weighted by Crippen LogP contribution is 2.12. The van der Waals surface area contributed by atoms with Gasteiger partial charge in [0, 0.05) is 0 Å². The van der Waals surface area contributed by atoms with Gasteiger partial charge in [-0.15, -0.1) is 0 Å². The molecule has 0 bridgehead atoms. The van der Waals surface area contributed by atoms with E-state index < -0.39 is 0 Å². The van der Waals surface area contributed by atoms with Crippen LogP contribution >= 0.6 is 0 Å². The summed E-state index contributed by atoms with van der Waals surface area (Å²) in [5.74, 6) is 0. The Hall–Kier alpha value is -0.0800. The molecule has 0 amide bonds. The van der Waals surface area contributed by atoms with Gasteiger partial charge in [0.2, 0.25) is 0 Å². The van der Waals surface area contributed by atoms with Crippen molar-refractivity contribution in [2.75, 3.05) is 0 Å². The highest BCUT2D eigenvalue weighted by molar-refractivity contribution is 4.57. The first kappa shape index (κ1) is 18.9. The predicted octanol–water partition coefficient (Wildman–Crippen LogP) is 4.92. The molecule has 0 saturated heterocycles. The van der Waals surface area contributed by atoms with Crippen LogP contribution in [0.5, 0.6) is 0 Å². The van der Waals surface area contributed by atoms with Crippen molar-refractivity contribution < 1.29 is 5.48 Å². The van der Waals surface area contributed by atoms with E-state index in [9.17, 15) is 5.21 Å². The van der Waals surface area contributed by atoms with Crippen LogP contribution in [0.15, 0.2) is 0 Å². The molecule has 0 unspecified atom stereocenters. The van der Waals surface area contributed by atoms with Crippen LogP contribution in [0.1, 0.15) is 104 Å². The van der Waals surface area contributed by atoms with Crippen molar-refractivity contribution in [1.29, 1.82) is 0 Å². The molecule has 0 heterocycles. The minimum Gasteiger partial charge on any atom is -0.636 e. The summed E-state index contributed by atoms with van der Waals surface area (Å²) < 4.78 is 0. The standard InChI is InChI=1S/C17H37NO/c1-3-5-7-9-11-13-15-17(18-19)16-14-12-10-8-6-4-2/h17H,3-16,18H2,1-2H3. The van der Waals surface area contributed by atoms with Gasteiger partial charge >= 0.3 is 0 Å². The van der Waals surface area contributed by atoms with Gasteiger partial charge in [-0.05, 0) is 25.7 Å². The first-order valence-electron chi connectivity index (χ1n) is 8.80. The molecular weight excluding hydrogens is 234 g/mol. The van der Waals surface area contributed by atoms with Crippen LogP contribution in [0.25, 0.3) is 0 Å². The van der Waals surface area contributed by atoms with E-state index in [1.165, 1.54) is 82.5 Å². The zero-order valence-electron chi connectivity index (χ0n) is 13.5. The van der Waals surface area contributed by atoms with E-state index in [0.29, 0.717) is 6.04 Å².